The topological polar surface area (TPSA) is 78.9 Å². The normalized spacial score (nSPS) is 12.5. The van der Waals surface area contributed by atoms with E-state index in [4.69, 9.17) is 14.2 Å². The Morgan fingerprint density at radius 1 is 0.368 bits per heavy atom. The van der Waals surface area contributed by atoms with Crippen molar-refractivity contribution in [1.82, 2.24) is 0 Å². The minimum atomic E-state index is -0.781. The number of hydrogen-bond acceptors (Lipinski definition) is 6. The summed E-state index contributed by atoms with van der Waals surface area (Å²) < 4.78 is 16.6. The van der Waals surface area contributed by atoms with E-state index < -0.39 is 6.10 Å². The molecular weight excluding hydrogens is 709 g/mol. The van der Waals surface area contributed by atoms with Crippen LogP contribution in [0.4, 0.5) is 0 Å². The van der Waals surface area contributed by atoms with E-state index >= 15 is 0 Å². The van der Waals surface area contributed by atoms with Crippen molar-refractivity contribution >= 4 is 17.9 Å². The third kappa shape index (κ3) is 44.1. The molecule has 0 aromatic heterocycles. The van der Waals surface area contributed by atoms with Gasteiger partial charge < -0.3 is 14.2 Å². The summed E-state index contributed by atoms with van der Waals surface area (Å²) in [7, 11) is 0. The molecule has 0 aliphatic carbocycles. The van der Waals surface area contributed by atoms with Crippen molar-refractivity contribution in [2.75, 3.05) is 13.2 Å². The van der Waals surface area contributed by atoms with Gasteiger partial charge in [-0.05, 0) is 83.5 Å². The van der Waals surface area contributed by atoms with Crippen LogP contribution in [0.3, 0.4) is 0 Å². The highest BCUT2D eigenvalue weighted by Gasteiger charge is 2.19. The fourth-order valence-corrected chi connectivity index (χ4v) is 6.43. The van der Waals surface area contributed by atoms with Crippen LogP contribution in [0, 0.1) is 0 Å². The first kappa shape index (κ1) is 54.1. The summed E-state index contributed by atoms with van der Waals surface area (Å²) >= 11 is 0. The zero-order valence-electron chi connectivity index (χ0n) is 37.3. The molecule has 0 aromatic rings. The van der Waals surface area contributed by atoms with Crippen LogP contribution in [-0.2, 0) is 28.6 Å². The van der Waals surface area contributed by atoms with Gasteiger partial charge in [-0.2, -0.15) is 0 Å². The maximum absolute atomic E-state index is 12.7. The van der Waals surface area contributed by atoms with E-state index in [-0.39, 0.29) is 31.1 Å². The van der Waals surface area contributed by atoms with Gasteiger partial charge in [0.05, 0.1) is 0 Å². The summed E-state index contributed by atoms with van der Waals surface area (Å²) in [6.45, 7) is 6.42. The largest absolute Gasteiger partial charge is 0.462 e. The van der Waals surface area contributed by atoms with Crippen molar-refractivity contribution in [3.05, 3.63) is 60.8 Å². The minimum absolute atomic E-state index is 0.0844. The van der Waals surface area contributed by atoms with Gasteiger partial charge >= 0.3 is 17.9 Å². The summed E-state index contributed by atoms with van der Waals surface area (Å²) in [6.07, 6.45) is 55.1. The quantitative estimate of drug-likeness (QED) is 0.0265. The van der Waals surface area contributed by atoms with Crippen LogP contribution in [-0.4, -0.2) is 37.2 Å². The molecule has 0 bridgehead atoms. The van der Waals surface area contributed by atoms with Gasteiger partial charge in [0.15, 0.2) is 6.10 Å². The second kappa shape index (κ2) is 45.8. The van der Waals surface area contributed by atoms with Crippen molar-refractivity contribution in [2.45, 2.75) is 232 Å². The number of unbranched alkanes of at least 4 members (excludes halogenated alkanes) is 21. The molecular formula is C51H88O6. The Morgan fingerprint density at radius 2 is 0.684 bits per heavy atom. The van der Waals surface area contributed by atoms with Gasteiger partial charge in [0, 0.05) is 19.3 Å². The molecule has 0 saturated heterocycles. The molecule has 0 spiro atoms. The van der Waals surface area contributed by atoms with Crippen LogP contribution >= 0.6 is 0 Å². The van der Waals surface area contributed by atoms with Crippen molar-refractivity contribution < 1.29 is 28.6 Å². The summed E-state index contributed by atoms with van der Waals surface area (Å²) in [6, 6.07) is 0. The summed E-state index contributed by atoms with van der Waals surface area (Å²) in [5.41, 5.74) is 0. The average molecular weight is 797 g/mol. The number of carbonyl (C=O) groups is 3. The number of esters is 3. The highest BCUT2D eigenvalue weighted by molar-refractivity contribution is 5.71. The second-order valence-electron chi connectivity index (χ2n) is 15.6. The van der Waals surface area contributed by atoms with Gasteiger partial charge in [-0.3, -0.25) is 14.4 Å². The van der Waals surface area contributed by atoms with Crippen molar-refractivity contribution in [2.24, 2.45) is 0 Å². The molecule has 0 aromatic carbocycles. The molecule has 0 radical (unpaired) electrons. The maximum atomic E-state index is 12.7. The lowest BCUT2D eigenvalue weighted by Crippen LogP contribution is -2.30. The van der Waals surface area contributed by atoms with Crippen LogP contribution in [0.15, 0.2) is 60.8 Å². The molecule has 6 nitrogen and oxygen atoms in total. The molecule has 0 aliphatic rings. The van der Waals surface area contributed by atoms with Gasteiger partial charge in [0.1, 0.15) is 13.2 Å². The fraction of sp³-hybridized carbons (Fsp3) is 0.745. The number of ether oxygens (including phenoxy) is 3. The smallest absolute Gasteiger partial charge is 0.306 e. The standard InChI is InChI=1S/C51H88O6/c1-4-7-10-13-16-18-20-22-24-25-26-28-29-31-33-35-38-41-44-50(53)56-47-48(46-55-49(52)43-40-37-15-12-9-6-3)57-51(54)45-42-39-36-34-32-30-27-23-21-19-17-14-11-8-5-2/h8,11,17-20,23-25,27,48H,4-7,9-10,12-16,21-22,26,28-47H2,1-3H3/b11-8-,19-17-,20-18-,25-24-,27-23-. The van der Waals surface area contributed by atoms with Gasteiger partial charge in [0.25, 0.3) is 0 Å². The first-order valence-corrected chi connectivity index (χ1v) is 23.8. The van der Waals surface area contributed by atoms with Crippen LogP contribution in [0.2, 0.25) is 0 Å². The highest BCUT2D eigenvalue weighted by Crippen LogP contribution is 2.13. The fourth-order valence-electron chi connectivity index (χ4n) is 6.43. The molecule has 57 heavy (non-hydrogen) atoms. The van der Waals surface area contributed by atoms with E-state index in [1.807, 2.05) is 0 Å². The van der Waals surface area contributed by atoms with Gasteiger partial charge in [-0.15, -0.1) is 0 Å². The number of carbonyl (C=O) groups excluding carboxylic acids is 3. The van der Waals surface area contributed by atoms with E-state index in [9.17, 15) is 14.4 Å². The monoisotopic (exact) mass is 797 g/mol. The minimum Gasteiger partial charge on any atom is -0.462 e. The maximum Gasteiger partial charge on any atom is 0.306 e. The van der Waals surface area contributed by atoms with E-state index in [1.165, 1.54) is 77.0 Å². The van der Waals surface area contributed by atoms with E-state index in [0.717, 1.165) is 109 Å². The molecule has 0 rings (SSSR count). The zero-order valence-corrected chi connectivity index (χ0v) is 37.3. The number of rotatable bonds is 42. The lowest BCUT2D eigenvalue weighted by Gasteiger charge is -2.18. The molecule has 0 N–H and O–H groups in total. The van der Waals surface area contributed by atoms with E-state index in [2.05, 4.69) is 81.5 Å². The van der Waals surface area contributed by atoms with Crippen LogP contribution in [0.25, 0.3) is 0 Å². The lowest BCUT2D eigenvalue weighted by atomic mass is 10.1. The Kier molecular flexibility index (Phi) is 43.5. The Balaban J connectivity index is 4.28. The lowest BCUT2D eigenvalue weighted by molar-refractivity contribution is -0.167. The molecule has 328 valence electrons. The summed E-state index contributed by atoms with van der Waals surface area (Å²) in [4.78, 5) is 37.6. The van der Waals surface area contributed by atoms with Crippen LogP contribution < -0.4 is 0 Å². The Hall–Kier alpha value is -2.89. The number of allylic oxidation sites excluding steroid dienone is 10. The molecule has 0 fully saturated rings. The number of hydrogen-bond donors (Lipinski definition) is 0. The van der Waals surface area contributed by atoms with Gasteiger partial charge in [0.2, 0.25) is 0 Å². The average Bonchev–Trinajstić information content (AvgIpc) is 3.21. The van der Waals surface area contributed by atoms with Crippen LogP contribution in [0.5, 0.6) is 0 Å². The third-order valence-corrected chi connectivity index (χ3v) is 10.0. The SMILES string of the molecule is CC/C=C\C/C=C\C/C=C\CCCCCCCC(=O)OC(COC(=O)CCCCCCCC)COC(=O)CCCCCCCCC/C=C\C/C=C\CCCCCC. The van der Waals surface area contributed by atoms with Crippen LogP contribution in [0.1, 0.15) is 226 Å². The van der Waals surface area contributed by atoms with Crippen molar-refractivity contribution in [3.63, 3.8) is 0 Å². The third-order valence-electron chi connectivity index (χ3n) is 10.0. The van der Waals surface area contributed by atoms with Gasteiger partial charge in [-0.25, -0.2) is 0 Å². The summed E-state index contributed by atoms with van der Waals surface area (Å²) in [5, 5.41) is 0. The van der Waals surface area contributed by atoms with E-state index in [1.54, 1.807) is 0 Å². The molecule has 0 amide bonds. The highest BCUT2D eigenvalue weighted by atomic mass is 16.6. The molecule has 1 atom stereocenters. The predicted molar refractivity (Wildman–Crippen MR) is 242 cm³/mol. The van der Waals surface area contributed by atoms with Gasteiger partial charge in [-0.1, -0.05) is 184 Å². The van der Waals surface area contributed by atoms with Crippen molar-refractivity contribution in [1.29, 1.82) is 0 Å². The predicted octanol–water partition coefficient (Wildman–Crippen LogP) is 15.3. The first-order valence-electron chi connectivity index (χ1n) is 23.8. The molecule has 0 aliphatic heterocycles. The molecule has 0 heterocycles. The molecule has 0 saturated carbocycles. The van der Waals surface area contributed by atoms with E-state index in [0.29, 0.717) is 19.3 Å². The second-order valence-corrected chi connectivity index (χ2v) is 15.6. The molecule has 1 unspecified atom stereocenters. The Bertz CT molecular complexity index is 1050. The first-order chi connectivity index (χ1) is 28.0. The Labute approximate surface area is 351 Å². The van der Waals surface area contributed by atoms with Crippen molar-refractivity contribution in [3.8, 4) is 0 Å². The Morgan fingerprint density at radius 3 is 1.09 bits per heavy atom. The molecule has 6 heteroatoms. The summed E-state index contributed by atoms with van der Waals surface area (Å²) in [5.74, 6) is -0.920. The zero-order chi connectivity index (χ0) is 41.5.